The molecule has 0 amide bonds. The molecule has 178 valence electrons. The lowest BCUT2D eigenvalue weighted by molar-refractivity contribution is -0.145. The van der Waals surface area contributed by atoms with Crippen LogP contribution in [0.1, 0.15) is 42.4 Å². The third kappa shape index (κ3) is 4.54. The van der Waals surface area contributed by atoms with Crippen molar-refractivity contribution >= 4 is 5.97 Å². The molecule has 1 aliphatic rings. The van der Waals surface area contributed by atoms with Gasteiger partial charge in [-0.05, 0) is 55.2 Å². The highest BCUT2D eigenvalue weighted by Gasteiger charge is 2.27. The van der Waals surface area contributed by atoms with Crippen molar-refractivity contribution in [2.45, 2.75) is 32.0 Å². The van der Waals surface area contributed by atoms with Crippen LogP contribution in [0.15, 0.2) is 48.7 Å². The first kappa shape index (κ1) is 23.5. The van der Waals surface area contributed by atoms with Crippen LogP contribution in [-0.4, -0.2) is 35.4 Å². The Balaban J connectivity index is 1.62. The third-order valence-electron chi connectivity index (χ3n) is 6.14. The topological polar surface area (TPSA) is 98.1 Å². The number of aromatic nitrogens is 1. The predicted octanol–water partition coefficient (Wildman–Crippen LogP) is 4.73. The van der Waals surface area contributed by atoms with E-state index in [1.807, 2.05) is 6.07 Å². The Hall–Kier alpha value is -3.65. The van der Waals surface area contributed by atoms with Crippen LogP contribution in [-0.2, 0) is 11.2 Å². The number of aryl methyl sites for hydroxylation is 1. The molecule has 2 N–H and O–H groups in total. The number of aliphatic hydroxyl groups excluding tert-OH is 1. The maximum atomic E-state index is 14.5. The van der Waals surface area contributed by atoms with Gasteiger partial charge in [0.1, 0.15) is 29.2 Å². The predicted molar refractivity (Wildman–Crippen MR) is 123 cm³/mol. The number of rotatable bonds is 7. The van der Waals surface area contributed by atoms with Gasteiger partial charge in [0, 0.05) is 23.4 Å². The molecule has 0 saturated carbocycles. The number of pyridine rings is 1. The summed E-state index contributed by atoms with van der Waals surface area (Å²) in [4.78, 5) is 15.8. The lowest BCUT2D eigenvalue weighted by atomic mass is 9.93. The van der Waals surface area contributed by atoms with Gasteiger partial charge in [-0.25, -0.2) is 4.39 Å². The van der Waals surface area contributed by atoms with E-state index in [1.54, 1.807) is 36.5 Å². The molecular formula is C26H26FNO6. The molecule has 0 saturated heterocycles. The molecule has 0 aliphatic carbocycles. The molecule has 1 unspecified atom stereocenters. The van der Waals surface area contributed by atoms with Gasteiger partial charge in [-0.1, -0.05) is 12.1 Å². The number of aliphatic carboxylic acids is 1. The quantitative estimate of drug-likeness (QED) is 0.519. The standard InChI is InChI=1S/C26H26FNO6/c1-14(26(30)31)25(29)16-5-4-15-6-9-22(34-23(15)10-16)21-12-24(33-3)19(13-28-21)18-11-17(32-2)7-8-20(18)27/h4-5,7-8,10-14,22,25,29H,6,9H2,1-3H3,(H,30,31)/t14-,22?,25+/m0/s1. The van der Waals surface area contributed by atoms with Crippen LogP contribution in [0.25, 0.3) is 11.1 Å². The average molecular weight is 467 g/mol. The largest absolute Gasteiger partial charge is 0.497 e. The number of methoxy groups -OCH3 is 2. The van der Waals surface area contributed by atoms with Crippen LogP contribution in [0.5, 0.6) is 17.2 Å². The minimum atomic E-state index is -1.15. The van der Waals surface area contributed by atoms with Gasteiger partial charge in [0.25, 0.3) is 0 Å². The number of aliphatic hydroxyl groups is 1. The van der Waals surface area contributed by atoms with E-state index < -0.39 is 23.8 Å². The fraction of sp³-hybridized carbons (Fsp3) is 0.308. The molecule has 0 radical (unpaired) electrons. The Bertz CT molecular complexity index is 1210. The molecule has 1 aromatic heterocycles. The number of carboxylic acid groups (broad SMARTS) is 1. The van der Waals surface area contributed by atoms with E-state index in [4.69, 9.17) is 14.2 Å². The molecule has 0 spiro atoms. The Morgan fingerprint density at radius 2 is 1.94 bits per heavy atom. The molecule has 7 nitrogen and oxygen atoms in total. The first-order chi connectivity index (χ1) is 16.3. The summed E-state index contributed by atoms with van der Waals surface area (Å²) in [5.74, 6) is -0.899. The van der Waals surface area contributed by atoms with Gasteiger partial charge >= 0.3 is 5.97 Å². The summed E-state index contributed by atoms with van der Waals surface area (Å²) < 4.78 is 31.5. The number of fused-ring (bicyclic) bond motifs is 1. The van der Waals surface area contributed by atoms with Gasteiger partial charge < -0.3 is 24.4 Å². The van der Waals surface area contributed by atoms with Crippen LogP contribution in [0.4, 0.5) is 4.39 Å². The number of carboxylic acids is 1. The smallest absolute Gasteiger partial charge is 0.309 e. The monoisotopic (exact) mass is 467 g/mol. The van der Waals surface area contributed by atoms with E-state index in [-0.39, 0.29) is 6.10 Å². The number of carbonyl (C=O) groups is 1. The number of nitrogens with zero attached hydrogens (tertiary/aromatic N) is 1. The summed E-state index contributed by atoms with van der Waals surface area (Å²) in [6.45, 7) is 1.46. The minimum absolute atomic E-state index is 0.316. The van der Waals surface area contributed by atoms with Crippen LogP contribution in [0.3, 0.4) is 0 Å². The first-order valence-electron chi connectivity index (χ1n) is 10.9. The molecular weight excluding hydrogens is 441 g/mol. The van der Waals surface area contributed by atoms with Gasteiger partial charge in [-0.2, -0.15) is 0 Å². The van der Waals surface area contributed by atoms with Gasteiger partial charge in [0.15, 0.2) is 0 Å². The Kier molecular flexibility index (Phi) is 6.70. The van der Waals surface area contributed by atoms with E-state index in [9.17, 15) is 19.4 Å². The van der Waals surface area contributed by atoms with Crippen LogP contribution in [0.2, 0.25) is 0 Å². The van der Waals surface area contributed by atoms with Crippen LogP contribution in [0, 0.1) is 11.7 Å². The molecule has 1 aliphatic heterocycles. The summed E-state index contributed by atoms with van der Waals surface area (Å²) in [5, 5.41) is 19.6. The molecule has 34 heavy (non-hydrogen) atoms. The molecule has 3 atom stereocenters. The Morgan fingerprint density at radius 1 is 1.15 bits per heavy atom. The van der Waals surface area contributed by atoms with Crippen LogP contribution >= 0.6 is 0 Å². The first-order valence-corrected chi connectivity index (χ1v) is 10.9. The zero-order valence-electron chi connectivity index (χ0n) is 19.1. The van der Waals surface area contributed by atoms with Crippen molar-refractivity contribution in [1.29, 1.82) is 0 Å². The number of hydrogen-bond acceptors (Lipinski definition) is 6. The third-order valence-corrected chi connectivity index (χ3v) is 6.14. The van der Waals surface area contributed by atoms with Crippen molar-refractivity contribution in [2.75, 3.05) is 14.2 Å². The normalized spacial score (nSPS) is 16.7. The summed E-state index contributed by atoms with van der Waals surface area (Å²) in [6, 6.07) is 11.5. The Morgan fingerprint density at radius 3 is 2.65 bits per heavy atom. The number of hydrogen-bond donors (Lipinski definition) is 2. The highest BCUT2D eigenvalue weighted by atomic mass is 19.1. The van der Waals surface area contributed by atoms with Crippen molar-refractivity contribution in [3.8, 4) is 28.4 Å². The molecule has 4 rings (SSSR count). The maximum absolute atomic E-state index is 14.5. The number of ether oxygens (including phenoxy) is 3. The van der Waals surface area contributed by atoms with Crippen molar-refractivity contribution in [2.24, 2.45) is 5.92 Å². The van der Waals surface area contributed by atoms with Crippen molar-refractivity contribution in [3.05, 3.63) is 71.3 Å². The zero-order valence-corrected chi connectivity index (χ0v) is 19.1. The van der Waals surface area contributed by atoms with E-state index in [2.05, 4.69) is 4.98 Å². The second-order valence-electron chi connectivity index (χ2n) is 8.24. The van der Waals surface area contributed by atoms with E-state index >= 15 is 0 Å². The Labute approximate surface area is 196 Å². The van der Waals surface area contributed by atoms with Crippen molar-refractivity contribution in [3.63, 3.8) is 0 Å². The van der Waals surface area contributed by atoms with E-state index in [1.165, 1.54) is 27.2 Å². The fourth-order valence-electron chi connectivity index (χ4n) is 4.04. The van der Waals surface area contributed by atoms with Gasteiger partial charge in [-0.3, -0.25) is 9.78 Å². The van der Waals surface area contributed by atoms with Crippen molar-refractivity contribution < 1.29 is 33.6 Å². The second-order valence-corrected chi connectivity index (χ2v) is 8.24. The van der Waals surface area contributed by atoms with Crippen LogP contribution < -0.4 is 14.2 Å². The maximum Gasteiger partial charge on any atom is 0.309 e. The summed E-state index contributed by atoms with van der Waals surface area (Å²) in [5.41, 5.74) is 2.88. The molecule has 8 heteroatoms. The van der Waals surface area contributed by atoms with Gasteiger partial charge in [-0.15, -0.1) is 0 Å². The fourth-order valence-corrected chi connectivity index (χ4v) is 4.04. The number of halogens is 1. The summed E-state index contributed by atoms with van der Waals surface area (Å²) >= 11 is 0. The van der Waals surface area contributed by atoms with Gasteiger partial charge in [0.05, 0.1) is 31.9 Å². The highest BCUT2D eigenvalue weighted by molar-refractivity contribution is 5.72. The molecule has 0 bridgehead atoms. The average Bonchev–Trinajstić information content (AvgIpc) is 2.87. The van der Waals surface area contributed by atoms with Crippen molar-refractivity contribution in [1.82, 2.24) is 4.98 Å². The second kappa shape index (κ2) is 9.69. The molecule has 3 aromatic rings. The molecule has 0 fully saturated rings. The lowest BCUT2D eigenvalue weighted by Crippen LogP contribution is -2.20. The SMILES string of the molecule is COc1ccc(F)c(-c2cnc(C3CCc4ccc([C@H](O)[C@H](C)C(=O)O)cc4O3)cc2OC)c1. The minimum Gasteiger partial charge on any atom is -0.497 e. The lowest BCUT2D eigenvalue weighted by Gasteiger charge is -2.27. The molecule has 2 heterocycles. The van der Waals surface area contributed by atoms with Gasteiger partial charge in [0.2, 0.25) is 0 Å². The highest BCUT2D eigenvalue weighted by Crippen LogP contribution is 2.40. The van der Waals surface area contributed by atoms with E-state index in [0.717, 1.165) is 12.0 Å². The summed E-state index contributed by atoms with van der Waals surface area (Å²) in [7, 11) is 3.02. The van der Waals surface area contributed by atoms with E-state index in [0.29, 0.717) is 46.1 Å². The summed E-state index contributed by atoms with van der Waals surface area (Å²) in [6.07, 6.45) is 1.42. The zero-order chi connectivity index (χ0) is 24.4. The molecule has 2 aromatic carbocycles. The number of benzene rings is 2.